The zero-order valence-electron chi connectivity index (χ0n) is 11.7. The summed E-state index contributed by atoms with van der Waals surface area (Å²) in [6.45, 7) is 4.65. The third-order valence-corrected chi connectivity index (χ3v) is 4.63. The van der Waals surface area contributed by atoms with Gasteiger partial charge in [-0.2, -0.15) is 0 Å². The van der Waals surface area contributed by atoms with Crippen LogP contribution in [0.4, 0.5) is 11.6 Å². The Hall–Kier alpha value is -1.36. The summed E-state index contributed by atoms with van der Waals surface area (Å²) in [5.41, 5.74) is 2.64. The van der Waals surface area contributed by atoms with E-state index in [1.54, 1.807) is 0 Å². The Labute approximate surface area is 114 Å². The number of hydrogen-bond donors (Lipinski definition) is 3. The fourth-order valence-corrected chi connectivity index (χ4v) is 2.90. The van der Waals surface area contributed by atoms with Gasteiger partial charge in [0.2, 0.25) is 0 Å². The average Bonchev–Trinajstić information content (AvgIpc) is 3.22. The SMILES string of the molecule is CC1CCC(Nc2cc(NN)nc(C3CC3)n2)C1C. The Kier molecular flexibility index (Phi) is 3.31. The summed E-state index contributed by atoms with van der Waals surface area (Å²) in [5.74, 6) is 10.1. The first kappa shape index (κ1) is 12.7. The van der Waals surface area contributed by atoms with Gasteiger partial charge in [-0.3, -0.25) is 0 Å². The van der Waals surface area contributed by atoms with Crippen LogP contribution in [0.25, 0.3) is 0 Å². The van der Waals surface area contributed by atoms with Gasteiger partial charge in [-0.25, -0.2) is 15.8 Å². The predicted octanol–water partition coefficient (Wildman–Crippen LogP) is 2.49. The van der Waals surface area contributed by atoms with Crippen LogP contribution in [-0.2, 0) is 0 Å². The highest BCUT2D eigenvalue weighted by molar-refractivity contribution is 5.48. The topological polar surface area (TPSA) is 75.9 Å². The van der Waals surface area contributed by atoms with Gasteiger partial charge in [0.15, 0.2) is 0 Å². The second kappa shape index (κ2) is 4.96. The molecule has 0 amide bonds. The van der Waals surface area contributed by atoms with E-state index in [0.717, 1.165) is 17.6 Å². The standard InChI is InChI=1S/C14H23N5/c1-8-3-6-11(9(8)2)16-12-7-13(19-15)18-14(17-12)10-4-5-10/h7-11H,3-6,15H2,1-2H3,(H2,16,17,18,19). The number of nitrogens with one attached hydrogen (secondary N) is 2. The Morgan fingerprint density at radius 1 is 1.11 bits per heavy atom. The van der Waals surface area contributed by atoms with E-state index in [9.17, 15) is 0 Å². The van der Waals surface area contributed by atoms with E-state index in [4.69, 9.17) is 5.84 Å². The maximum absolute atomic E-state index is 5.50. The molecule has 5 heteroatoms. The van der Waals surface area contributed by atoms with Gasteiger partial charge in [0.05, 0.1) is 0 Å². The van der Waals surface area contributed by atoms with E-state index in [1.807, 2.05) is 6.07 Å². The maximum Gasteiger partial charge on any atom is 0.145 e. The van der Waals surface area contributed by atoms with Crippen molar-refractivity contribution in [2.75, 3.05) is 10.7 Å². The van der Waals surface area contributed by atoms with Gasteiger partial charge < -0.3 is 10.7 Å². The van der Waals surface area contributed by atoms with E-state index in [-0.39, 0.29) is 0 Å². The van der Waals surface area contributed by atoms with Crippen LogP contribution in [0.1, 0.15) is 51.3 Å². The minimum atomic E-state index is 0.516. The Morgan fingerprint density at radius 3 is 2.42 bits per heavy atom. The van der Waals surface area contributed by atoms with Gasteiger partial charge in [-0.15, -0.1) is 0 Å². The molecule has 2 saturated carbocycles. The molecule has 1 aromatic rings. The molecule has 3 unspecified atom stereocenters. The number of hydrogen-bond acceptors (Lipinski definition) is 5. The van der Waals surface area contributed by atoms with Gasteiger partial charge in [0.1, 0.15) is 17.5 Å². The molecule has 104 valence electrons. The molecule has 0 radical (unpaired) electrons. The molecule has 0 saturated heterocycles. The summed E-state index contributed by atoms with van der Waals surface area (Å²) < 4.78 is 0. The number of hydrazine groups is 1. The minimum Gasteiger partial charge on any atom is -0.367 e. The van der Waals surface area contributed by atoms with Crippen molar-refractivity contribution in [2.45, 2.75) is 51.5 Å². The molecule has 0 aromatic carbocycles. The van der Waals surface area contributed by atoms with Crippen LogP contribution in [0.3, 0.4) is 0 Å². The fraction of sp³-hybridized carbons (Fsp3) is 0.714. The predicted molar refractivity (Wildman–Crippen MR) is 76.8 cm³/mol. The Bertz CT molecular complexity index is 457. The monoisotopic (exact) mass is 261 g/mol. The number of nitrogen functional groups attached to an aromatic ring is 1. The molecule has 3 rings (SSSR count). The largest absolute Gasteiger partial charge is 0.367 e. The van der Waals surface area contributed by atoms with Gasteiger partial charge >= 0.3 is 0 Å². The number of nitrogens with zero attached hydrogens (tertiary/aromatic N) is 2. The highest BCUT2D eigenvalue weighted by atomic mass is 15.3. The van der Waals surface area contributed by atoms with Gasteiger partial charge in [0.25, 0.3) is 0 Å². The lowest BCUT2D eigenvalue weighted by molar-refractivity contribution is 0.435. The lowest BCUT2D eigenvalue weighted by Gasteiger charge is -2.20. The molecule has 0 bridgehead atoms. The number of rotatable bonds is 4. The van der Waals surface area contributed by atoms with Gasteiger partial charge in [-0.1, -0.05) is 13.8 Å². The van der Waals surface area contributed by atoms with Crippen LogP contribution in [0.15, 0.2) is 6.07 Å². The van der Waals surface area contributed by atoms with Crippen molar-refractivity contribution in [1.82, 2.24) is 9.97 Å². The molecular formula is C14H23N5. The molecule has 2 fully saturated rings. The molecule has 2 aliphatic rings. The molecular weight excluding hydrogens is 238 g/mol. The minimum absolute atomic E-state index is 0.516. The van der Waals surface area contributed by atoms with E-state index in [0.29, 0.717) is 23.7 Å². The number of aromatic nitrogens is 2. The third-order valence-electron chi connectivity index (χ3n) is 4.63. The van der Waals surface area contributed by atoms with Crippen LogP contribution >= 0.6 is 0 Å². The van der Waals surface area contributed by atoms with E-state index in [1.165, 1.54) is 25.7 Å². The first-order valence-corrected chi connectivity index (χ1v) is 7.29. The average molecular weight is 261 g/mol. The molecule has 19 heavy (non-hydrogen) atoms. The van der Waals surface area contributed by atoms with Gasteiger partial charge in [-0.05, 0) is 37.5 Å². The van der Waals surface area contributed by atoms with Crippen LogP contribution in [0, 0.1) is 11.8 Å². The third kappa shape index (κ3) is 2.66. The summed E-state index contributed by atoms with van der Waals surface area (Å²) in [6, 6.07) is 2.42. The van der Waals surface area contributed by atoms with Crippen LogP contribution in [0.5, 0.6) is 0 Å². The Morgan fingerprint density at radius 2 is 1.84 bits per heavy atom. The van der Waals surface area contributed by atoms with Crippen LogP contribution in [-0.4, -0.2) is 16.0 Å². The summed E-state index contributed by atoms with van der Waals surface area (Å²) >= 11 is 0. The molecule has 0 spiro atoms. The molecule has 4 N–H and O–H groups in total. The van der Waals surface area contributed by atoms with Crippen molar-refractivity contribution in [3.05, 3.63) is 11.9 Å². The summed E-state index contributed by atoms with van der Waals surface area (Å²) in [7, 11) is 0. The van der Waals surface area contributed by atoms with Gasteiger partial charge in [0, 0.05) is 18.0 Å². The highest BCUT2D eigenvalue weighted by Crippen LogP contribution is 2.39. The maximum atomic E-state index is 5.50. The van der Waals surface area contributed by atoms with Crippen molar-refractivity contribution in [3.8, 4) is 0 Å². The number of nitrogens with two attached hydrogens (primary N) is 1. The normalized spacial score (nSPS) is 30.4. The van der Waals surface area contributed by atoms with E-state index < -0.39 is 0 Å². The van der Waals surface area contributed by atoms with Crippen molar-refractivity contribution in [3.63, 3.8) is 0 Å². The Balaban J connectivity index is 1.78. The van der Waals surface area contributed by atoms with Crippen molar-refractivity contribution in [1.29, 1.82) is 0 Å². The van der Waals surface area contributed by atoms with E-state index >= 15 is 0 Å². The van der Waals surface area contributed by atoms with Crippen LogP contribution < -0.4 is 16.6 Å². The molecule has 1 heterocycles. The first-order chi connectivity index (χ1) is 9.17. The zero-order chi connectivity index (χ0) is 13.4. The second-order valence-electron chi connectivity index (χ2n) is 6.08. The summed E-state index contributed by atoms with van der Waals surface area (Å²) in [5, 5.41) is 3.57. The molecule has 0 aliphatic heterocycles. The van der Waals surface area contributed by atoms with Crippen molar-refractivity contribution >= 4 is 11.6 Å². The van der Waals surface area contributed by atoms with Crippen LogP contribution in [0.2, 0.25) is 0 Å². The molecule has 3 atom stereocenters. The smallest absolute Gasteiger partial charge is 0.145 e. The molecule has 5 nitrogen and oxygen atoms in total. The second-order valence-corrected chi connectivity index (χ2v) is 6.08. The lowest BCUT2D eigenvalue weighted by Crippen LogP contribution is -2.25. The molecule has 2 aliphatic carbocycles. The summed E-state index contributed by atoms with van der Waals surface area (Å²) in [6.07, 6.45) is 4.91. The van der Waals surface area contributed by atoms with Crippen molar-refractivity contribution in [2.24, 2.45) is 17.7 Å². The quantitative estimate of drug-likeness (QED) is 0.573. The van der Waals surface area contributed by atoms with E-state index in [2.05, 4.69) is 34.6 Å². The zero-order valence-corrected chi connectivity index (χ0v) is 11.7. The lowest BCUT2D eigenvalue weighted by atomic mass is 9.98. The summed E-state index contributed by atoms with van der Waals surface area (Å²) in [4.78, 5) is 9.08. The molecule has 1 aromatic heterocycles. The highest BCUT2D eigenvalue weighted by Gasteiger charge is 2.31. The number of anilines is 2. The first-order valence-electron chi connectivity index (χ1n) is 7.29. The van der Waals surface area contributed by atoms with Crippen molar-refractivity contribution < 1.29 is 0 Å². The fourth-order valence-electron chi connectivity index (χ4n) is 2.90.